The molecular weight excluding hydrogens is 360 g/mol. The fourth-order valence-corrected chi connectivity index (χ4v) is 4.60. The first kappa shape index (κ1) is 18.0. The van der Waals surface area contributed by atoms with Crippen LogP contribution < -0.4 is 4.72 Å². The van der Waals surface area contributed by atoms with Crippen LogP contribution in [-0.2, 0) is 14.8 Å². The summed E-state index contributed by atoms with van der Waals surface area (Å²) < 4.78 is 32.0. The van der Waals surface area contributed by atoms with Crippen molar-refractivity contribution < 1.29 is 17.9 Å². The highest BCUT2D eigenvalue weighted by atomic mass is 32.2. The molecule has 134 valence electrons. The van der Waals surface area contributed by atoms with Crippen LogP contribution in [0.1, 0.15) is 34.6 Å². The summed E-state index contributed by atoms with van der Waals surface area (Å²) in [5, 5.41) is 2.84. The summed E-state index contributed by atoms with van der Waals surface area (Å²) in [6, 6.07) is 6.80. The number of nitrogens with one attached hydrogen (secondary N) is 1. The van der Waals surface area contributed by atoms with E-state index in [9.17, 15) is 13.2 Å². The predicted molar refractivity (Wildman–Crippen MR) is 97.1 cm³/mol. The van der Waals surface area contributed by atoms with Crippen molar-refractivity contribution in [1.82, 2.24) is 9.71 Å². The van der Waals surface area contributed by atoms with Gasteiger partial charge in [-0.3, -0.25) is 4.79 Å². The van der Waals surface area contributed by atoms with Crippen molar-refractivity contribution in [1.29, 1.82) is 0 Å². The third kappa shape index (κ3) is 4.87. The lowest BCUT2D eigenvalue weighted by Crippen LogP contribution is -2.38. The molecule has 1 atom stereocenters. The van der Waals surface area contributed by atoms with Gasteiger partial charge in [0.05, 0.1) is 22.6 Å². The largest absolute Gasteiger partial charge is 0.377 e. The van der Waals surface area contributed by atoms with Crippen LogP contribution in [0.15, 0.2) is 29.6 Å². The number of hydrogen-bond acceptors (Lipinski definition) is 6. The maximum Gasteiger partial charge on any atom is 0.264 e. The Hall–Kier alpha value is -1.77. The Bertz CT molecular complexity index is 855. The van der Waals surface area contributed by atoms with Gasteiger partial charge in [0.25, 0.3) is 5.91 Å². The summed E-state index contributed by atoms with van der Waals surface area (Å²) in [5.41, 5.74) is 1.84. The number of nitrogens with zero attached hydrogens (tertiary/aromatic N) is 1. The normalized spacial score (nSPS) is 18.0. The predicted octanol–water partition coefficient (Wildman–Crippen LogP) is 2.75. The van der Waals surface area contributed by atoms with Crippen LogP contribution in [0.3, 0.4) is 0 Å². The van der Waals surface area contributed by atoms with E-state index in [1.807, 2.05) is 18.4 Å². The molecule has 0 spiro atoms. The number of aromatic nitrogens is 1. The number of ether oxygens (including phenoxy) is 1. The van der Waals surface area contributed by atoms with Crippen molar-refractivity contribution >= 4 is 27.3 Å². The minimum absolute atomic E-state index is 0.191. The van der Waals surface area contributed by atoms with E-state index in [1.165, 1.54) is 11.3 Å². The molecule has 1 amide bonds. The lowest BCUT2D eigenvalue weighted by Gasteiger charge is -2.22. The van der Waals surface area contributed by atoms with E-state index in [0.29, 0.717) is 13.0 Å². The Morgan fingerprint density at radius 3 is 2.92 bits per heavy atom. The molecule has 1 aliphatic heterocycles. The van der Waals surface area contributed by atoms with E-state index in [-0.39, 0.29) is 17.4 Å². The molecule has 1 N–H and O–H groups in total. The average molecular weight is 380 g/mol. The Morgan fingerprint density at radius 1 is 1.40 bits per heavy atom. The first-order valence-corrected chi connectivity index (χ1v) is 10.7. The van der Waals surface area contributed by atoms with Crippen LogP contribution in [0.4, 0.5) is 0 Å². The van der Waals surface area contributed by atoms with Gasteiger partial charge < -0.3 is 4.74 Å². The first-order chi connectivity index (χ1) is 11.9. The second-order valence-electron chi connectivity index (χ2n) is 6.03. The molecule has 3 rings (SSSR count). The van der Waals surface area contributed by atoms with Gasteiger partial charge in [-0.05, 0) is 38.3 Å². The lowest BCUT2D eigenvalue weighted by molar-refractivity contribution is 0.0304. The van der Waals surface area contributed by atoms with Crippen molar-refractivity contribution in [3.63, 3.8) is 0 Å². The molecule has 0 saturated carbocycles. The molecule has 1 aliphatic rings. The summed E-state index contributed by atoms with van der Waals surface area (Å²) in [5.74, 6) is -0.825. The van der Waals surface area contributed by atoms with Gasteiger partial charge in [-0.1, -0.05) is 12.1 Å². The molecule has 1 aromatic carbocycles. The standard InChI is InChI=1S/C17H20N2O4S2/c1-12-18-16(10-24-12)13-5-4-6-14(9-13)17(20)19-25(21,22)11-15-7-2-3-8-23-15/h4-6,9-10,15H,2-3,7-8,11H2,1H3,(H,19,20)/t15-/m0/s1. The Kier molecular flexibility index (Phi) is 5.51. The van der Waals surface area contributed by atoms with Gasteiger partial charge in [0.15, 0.2) is 0 Å². The quantitative estimate of drug-likeness (QED) is 0.862. The van der Waals surface area contributed by atoms with Crippen LogP contribution >= 0.6 is 11.3 Å². The van der Waals surface area contributed by atoms with Gasteiger partial charge in [-0.15, -0.1) is 11.3 Å². The average Bonchev–Trinajstić information content (AvgIpc) is 3.01. The molecule has 0 unspecified atom stereocenters. The molecule has 1 saturated heterocycles. The zero-order valence-electron chi connectivity index (χ0n) is 13.9. The van der Waals surface area contributed by atoms with Crippen LogP contribution in [-0.4, -0.2) is 37.8 Å². The van der Waals surface area contributed by atoms with Crippen LogP contribution in [0.25, 0.3) is 11.3 Å². The number of benzene rings is 1. The summed E-state index contributed by atoms with van der Waals surface area (Å²) in [7, 11) is -3.74. The van der Waals surface area contributed by atoms with E-state index >= 15 is 0 Å². The van der Waals surface area contributed by atoms with Gasteiger partial charge in [-0.25, -0.2) is 18.1 Å². The molecule has 8 heteroatoms. The van der Waals surface area contributed by atoms with Crippen LogP contribution in [0.5, 0.6) is 0 Å². The number of sulfonamides is 1. The fraction of sp³-hybridized carbons (Fsp3) is 0.412. The van der Waals surface area contributed by atoms with E-state index < -0.39 is 15.9 Å². The zero-order valence-corrected chi connectivity index (χ0v) is 15.5. The third-order valence-electron chi connectivity index (χ3n) is 3.97. The molecule has 25 heavy (non-hydrogen) atoms. The molecule has 1 aromatic heterocycles. The highest BCUT2D eigenvalue weighted by Crippen LogP contribution is 2.22. The number of thiazole rings is 1. The summed E-state index contributed by atoms with van der Waals surface area (Å²) >= 11 is 1.52. The van der Waals surface area contributed by atoms with Gasteiger partial charge in [0.2, 0.25) is 10.0 Å². The van der Waals surface area contributed by atoms with Gasteiger partial charge in [0, 0.05) is 23.1 Å². The molecule has 0 aliphatic carbocycles. The van der Waals surface area contributed by atoms with Crippen molar-refractivity contribution in [2.45, 2.75) is 32.3 Å². The molecule has 1 fully saturated rings. The van der Waals surface area contributed by atoms with E-state index in [1.54, 1.807) is 18.2 Å². The number of rotatable bonds is 5. The summed E-state index contributed by atoms with van der Waals surface area (Å²) in [6.45, 7) is 2.48. The van der Waals surface area contributed by atoms with Crippen molar-refractivity contribution in [2.75, 3.05) is 12.4 Å². The first-order valence-electron chi connectivity index (χ1n) is 8.12. The molecule has 0 bridgehead atoms. The SMILES string of the molecule is Cc1nc(-c2cccc(C(=O)NS(=O)(=O)C[C@@H]3CCCCO3)c2)cs1. The molecule has 2 aromatic rings. The van der Waals surface area contributed by atoms with Crippen molar-refractivity contribution in [2.24, 2.45) is 0 Å². The second kappa shape index (κ2) is 7.63. The maximum absolute atomic E-state index is 12.3. The third-order valence-corrected chi connectivity index (χ3v) is 6.05. The van der Waals surface area contributed by atoms with E-state index in [4.69, 9.17) is 4.74 Å². The lowest BCUT2D eigenvalue weighted by atomic mass is 10.1. The topological polar surface area (TPSA) is 85.4 Å². The summed E-state index contributed by atoms with van der Waals surface area (Å²) in [6.07, 6.45) is 2.26. The highest BCUT2D eigenvalue weighted by molar-refractivity contribution is 7.90. The van der Waals surface area contributed by atoms with Crippen LogP contribution in [0, 0.1) is 6.92 Å². The smallest absolute Gasteiger partial charge is 0.264 e. The minimum atomic E-state index is -3.74. The Balaban J connectivity index is 1.70. The molecule has 6 nitrogen and oxygen atoms in total. The highest BCUT2D eigenvalue weighted by Gasteiger charge is 2.24. The van der Waals surface area contributed by atoms with Crippen LogP contribution in [0.2, 0.25) is 0 Å². The monoisotopic (exact) mass is 380 g/mol. The van der Waals surface area contributed by atoms with E-state index in [2.05, 4.69) is 9.71 Å². The van der Waals surface area contributed by atoms with E-state index in [0.717, 1.165) is 29.1 Å². The fourth-order valence-electron chi connectivity index (χ4n) is 2.74. The van der Waals surface area contributed by atoms with Gasteiger partial charge >= 0.3 is 0 Å². The number of hydrogen-bond donors (Lipinski definition) is 1. The van der Waals surface area contributed by atoms with Crippen molar-refractivity contribution in [3.8, 4) is 11.3 Å². The maximum atomic E-state index is 12.3. The summed E-state index contributed by atoms with van der Waals surface area (Å²) in [4.78, 5) is 16.7. The number of carbonyl (C=O) groups excluding carboxylic acids is 1. The Labute approximate surface area is 151 Å². The van der Waals surface area contributed by atoms with Gasteiger partial charge in [0.1, 0.15) is 0 Å². The zero-order chi connectivity index (χ0) is 17.9. The minimum Gasteiger partial charge on any atom is -0.377 e. The van der Waals surface area contributed by atoms with Crippen molar-refractivity contribution in [3.05, 3.63) is 40.2 Å². The molecule has 0 radical (unpaired) electrons. The molecular formula is C17H20N2O4S2. The molecule has 2 heterocycles. The van der Waals surface area contributed by atoms with Gasteiger partial charge in [-0.2, -0.15) is 0 Å². The Morgan fingerprint density at radius 2 is 2.24 bits per heavy atom. The number of carbonyl (C=O) groups is 1. The number of amides is 1. The number of aryl methyl sites for hydroxylation is 1. The second-order valence-corrected chi connectivity index (χ2v) is 8.86.